The van der Waals surface area contributed by atoms with Crippen LogP contribution in [-0.2, 0) is 0 Å². The second kappa shape index (κ2) is 6.33. The van der Waals surface area contributed by atoms with Gasteiger partial charge in [0.25, 0.3) is 5.91 Å². The largest absolute Gasteiger partial charge is 0.378 e. The molecule has 10 heteroatoms. The van der Waals surface area contributed by atoms with Crippen molar-refractivity contribution in [2.75, 3.05) is 5.73 Å². The third-order valence-corrected chi connectivity index (χ3v) is 2.86. The van der Waals surface area contributed by atoms with Gasteiger partial charge in [-0.2, -0.15) is 9.78 Å². The number of rotatable bonds is 5. The summed E-state index contributed by atoms with van der Waals surface area (Å²) in [7, 11) is 0. The van der Waals surface area contributed by atoms with Gasteiger partial charge in [-0.15, -0.1) is 5.10 Å². The molecule has 2 rings (SSSR count). The molecule has 0 aliphatic rings. The molecule has 1 amide bonds. The first-order chi connectivity index (χ1) is 10.4. The second-order valence-electron chi connectivity index (χ2n) is 5.29. The van der Waals surface area contributed by atoms with Crippen LogP contribution >= 0.6 is 0 Å². The van der Waals surface area contributed by atoms with Gasteiger partial charge in [0.2, 0.25) is 11.6 Å². The highest BCUT2D eigenvalue weighted by atomic mass is 16.6. The minimum atomic E-state index is -0.457. The molecule has 0 saturated carbocycles. The molecule has 0 radical (unpaired) electrons. The van der Waals surface area contributed by atoms with Crippen LogP contribution in [0.1, 0.15) is 43.4 Å². The first-order valence-electron chi connectivity index (χ1n) is 6.74. The molecule has 2 heterocycles. The number of carbonyl (C=O) groups is 1. The fourth-order valence-corrected chi connectivity index (χ4v) is 1.91. The predicted molar refractivity (Wildman–Crippen MR) is 78.4 cm³/mol. The van der Waals surface area contributed by atoms with Crippen molar-refractivity contribution in [1.82, 2.24) is 30.7 Å². The van der Waals surface area contributed by atoms with Crippen LogP contribution in [0.3, 0.4) is 0 Å². The Morgan fingerprint density at radius 3 is 2.77 bits per heavy atom. The van der Waals surface area contributed by atoms with Crippen LogP contribution in [0, 0.1) is 12.8 Å². The quantitative estimate of drug-likeness (QED) is 0.612. The van der Waals surface area contributed by atoms with Gasteiger partial charge in [-0.25, -0.2) is 10.1 Å². The number of nitrogens with two attached hydrogens (primary N) is 1. The van der Waals surface area contributed by atoms with Crippen molar-refractivity contribution in [3.63, 3.8) is 0 Å². The van der Waals surface area contributed by atoms with Gasteiger partial charge in [-0.1, -0.05) is 19.1 Å². The van der Waals surface area contributed by atoms with E-state index in [9.17, 15) is 4.79 Å². The van der Waals surface area contributed by atoms with Crippen molar-refractivity contribution in [3.05, 3.63) is 11.4 Å². The van der Waals surface area contributed by atoms with Gasteiger partial charge in [0.1, 0.15) is 0 Å². The summed E-state index contributed by atoms with van der Waals surface area (Å²) in [6.45, 7) is 7.67. The number of nitrogen functional groups attached to an aromatic ring is 1. The molecule has 3 N–H and O–H groups in total. The SMILES string of the molecule is C/C(CC(C)C)=N\NC(=O)c1nnn(-c2nonc2N)c1C. The highest BCUT2D eigenvalue weighted by molar-refractivity contribution is 5.94. The van der Waals surface area contributed by atoms with Gasteiger partial charge in [0.05, 0.1) is 5.69 Å². The number of hydrogen-bond donors (Lipinski definition) is 2. The van der Waals surface area contributed by atoms with Crippen LogP contribution in [0.4, 0.5) is 5.82 Å². The summed E-state index contributed by atoms with van der Waals surface area (Å²) in [5.74, 6) is 0.252. The number of aromatic nitrogens is 5. The molecule has 2 aromatic rings. The Morgan fingerprint density at radius 2 is 2.18 bits per heavy atom. The second-order valence-corrected chi connectivity index (χ2v) is 5.29. The molecule has 118 valence electrons. The Balaban J connectivity index is 2.15. The maximum Gasteiger partial charge on any atom is 0.293 e. The Morgan fingerprint density at radius 1 is 1.45 bits per heavy atom. The molecule has 0 bridgehead atoms. The summed E-state index contributed by atoms with van der Waals surface area (Å²) >= 11 is 0. The van der Waals surface area contributed by atoms with Crippen LogP contribution in [0.25, 0.3) is 5.82 Å². The number of hydrazone groups is 1. The summed E-state index contributed by atoms with van der Waals surface area (Å²) in [5, 5.41) is 18.8. The van der Waals surface area contributed by atoms with E-state index in [0.717, 1.165) is 12.1 Å². The van der Waals surface area contributed by atoms with Gasteiger partial charge in [-0.3, -0.25) is 4.79 Å². The van der Waals surface area contributed by atoms with Crippen LogP contribution in [-0.4, -0.2) is 36.9 Å². The molecule has 2 aromatic heterocycles. The van der Waals surface area contributed by atoms with E-state index in [2.05, 4.69) is 49.6 Å². The third kappa shape index (κ3) is 3.27. The van der Waals surface area contributed by atoms with E-state index in [1.165, 1.54) is 4.68 Å². The number of hydrogen-bond acceptors (Lipinski definition) is 8. The van der Waals surface area contributed by atoms with Crippen molar-refractivity contribution >= 4 is 17.4 Å². The first kappa shape index (κ1) is 15.6. The van der Waals surface area contributed by atoms with Crippen molar-refractivity contribution in [3.8, 4) is 5.82 Å². The minimum Gasteiger partial charge on any atom is -0.378 e. The van der Waals surface area contributed by atoms with Crippen LogP contribution < -0.4 is 11.2 Å². The average Bonchev–Trinajstić information content (AvgIpc) is 3.01. The zero-order valence-electron chi connectivity index (χ0n) is 12.9. The molecule has 0 aliphatic heterocycles. The van der Waals surface area contributed by atoms with Gasteiger partial charge in [-0.05, 0) is 36.5 Å². The minimum absolute atomic E-state index is 0.0609. The lowest BCUT2D eigenvalue weighted by molar-refractivity contribution is 0.0949. The summed E-state index contributed by atoms with van der Waals surface area (Å²) in [6.07, 6.45) is 0.799. The zero-order chi connectivity index (χ0) is 16.3. The summed E-state index contributed by atoms with van der Waals surface area (Å²) in [4.78, 5) is 12.1. The fourth-order valence-electron chi connectivity index (χ4n) is 1.91. The van der Waals surface area contributed by atoms with Gasteiger partial charge < -0.3 is 5.73 Å². The van der Waals surface area contributed by atoms with Crippen LogP contribution in [0.2, 0.25) is 0 Å². The molecule has 10 nitrogen and oxygen atoms in total. The average molecular weight is 306 g/mol. The van der Waals surface area contributed by atoms with Crippen molar-refractivity contribution in [2.24, 2.45) is 11.0 Å². The van der Waals surface area contributed by atoms with Crippen molar-refractivity contribution in [2.45, 2.75) is 34.1 Å². The van der Waals surface area contributed by atoms with E-state index in [0.29, 0.717) is 11.6 Å². The standard InChI is InChI=1S/C12H18N8O2/c1-6(2)5-7(3)14-16-12(21)9-8(4)20(19-15-9)11-10(13)17-22-18-11/h6H,5H2,1-4H3,(H2,13,17)(H,16,21)/b14-7+. The van der Waals surface area contributed by atoms with Gasteiger partial charge in [0, 0.05) is 5.71 Å². The van der Waals surface area contributed by atoms with E-state index in [1.54, 1.807) is 6.92 Å². The molecule has 0 aliphatic carbocycles. The smallest absolute Gasteiger partial charge is 0.293 e. The highest BCUT2D eigenvalue weighted by Gasteiger charge is 2.20. The predicted octanol–water partition coefficient (Wildman–Crippen LogP) is 0.693. The Hall–Kier alpha value is -2.78. The Bertz CT molecular complexity index is 700. The summed E-state index contributed by atoms with van der Waals surface area (Å²) in [6, 6.07) is 0. The monoisotopic (exact) mass is 306 g/mol. The summed E-state index contributed by atoms with van der Waals surface area (Å²) in [5.41, 5.74) is 9.47. The normalized spacial score (nSPS) is 12.0. The Labute approximate surface area is 126 Å². The summed E-state index contributed by atoms with van der Waals surface area (Å²) < 4.78 is 5.79. The van der Waals surface area contributed by atoms with Crippen molar-refractivity contribution < 1.29 is 9.42 Å². The number of amides is 1. The lowest BCUT2D eigenvalue weighted by Gasteiger charge is -2.04. The van der Waals surface area contributed by atoms with E-state index >= 15 is 0 Å². The molecule has 0 aromatic carbocycles. The molecule has 0 fully saturated rings. The molecular weight excluding hydrogens is 288 g/mol. The number of nitrogens with one attached hydrogen (secondary N) is 1. The molecule has 0 saturated heterocycles. The first-order valence-corrected chi connectivity index (χ1v) is 6.74. The maximum atomic E-state index is 12.1. The lowest BCUT2D eigenvalue weighted by atomic mass is 10.1. The molecule has 0 atom stereocenters. The van der Waals surface area contributed by atoms with Gasteiger partial charge in [0.15, 0.2) is 5.69 Å². The van der Waals surface area contributed by atoms with E-state index < -0.39 is 5.91 Å². The van der Waals surface area contributed by atoms with Crippen LogP contribution in [0.15, 0.2) is 9.73 Å². The molecule has 22 heavy (non-hydrogen) atoms. The van der Waals surface area contributed by atoms with E-state index in [-0.39, 0.29) is 17.3 Å². The van der Waals surface area contributed by atoms with E-state index in [1.807, 2.05) is 6.92 Å². The lowest BCUT2D eigenvalue weighted by Crippen LogP contribution is -2.21. The topological polar surface area (TPSA) is 137 Å². The van der Waals surface area contributed by atoms with Gasteiger partial charge >= 0.3 is 0 Å². The van der Waals surface area contributed by atoms with Crippen molar-refractivity contribution in [1.29, 1.82) is 0 Å². The number of nitrogens with zero attached hydrogens (tertiary/aromatic N) is 6. The van der Waals surface area contributed by atoms with Crippen LogP contribution in [0.5, 0.6) is 0 Å². The molecule has 0 unspecified atom stereocenters. The Kier molecular flexibility index (Phi) is 4.49. The maximum absolute atomic E-state index is 12.1. The third-order valence-electron chi connectivity index (χ3n) is 2.86. The fraction of sp³-hybridized carbons (Fsp3) is 0.500. The highest BCUT2D eigenvalue weighted by Crippen LogP contribution is 2.14. The number of carbonyl (C=O) groups excluding carboxylic acids is 1. The van der Waals surface area contributed by atoms with E-state index in [4.69, 9.17) is 5.73 Å². The molecular formula is C12H18N8O2. The molecule has 0 spiro atoms. The zero-order valence-corrected chi connectivity index (χ0v) is 12.9. The number of anilines is 1.